The zero-order valence-corrected chi connectivity index (χ0v) is 14.7. The molecule has 0 aliphatic rings. The zero-order chi connectivity index (χ0) is 18.7. The molecule has 0 N–H and O–H groups in total. The highest BCUT2D eigenvalue weighted by molar-refractivity contribution is 6.34. The van der Waals surface area contributed by atoms with Crippen molar-refractivity contribution in [2.45, 2.75) is 12.1 Å². The number of hydrogen-bond acceptors (Lipinski definition) is 2. The van der Waals surface area contributed by atoms with E-state index >= 15 is 0 Å². The van der Waals surface area contributed by atoms with Gasteiger partial charge in [0.05, 0.1) is 11.6 Å². The first-order valence-electron chi connectivity index (χ1n) is 7.49. The van der Waals surface area contributed by atoms with Gasteiger partial charge in [-0.1, -0.05) is 47.5 Å². The predicted octanol–water partition coefficient (Wildman–Crippen LogP) is 5.93. The average Bonchev–Trinajstić information content (AvgIpc) is 3.08. The molecule has 3 aromatic rings. The van der Waals surface area contributed by atoms with Crippen LogP contribution in [0.3, 0.4) is 0 Å². The smallest absolute Gasteiger partial charge is 0.223 e. The van der Waals surface area contributed by atoms with Crippen molar-refractivity contribution in [3.05, 3.63) is 82.4 Å². The van der Waals surface area contributed by atoms with Crippen LogP contribution in [-0.4, -0.2) is 20.9 Å². The van der Waals surface area contributed by atoms with Gasteiger partial charge in [0.2, 0.25) is 0 Å². The molecule has 0 spiro atoms. The molecule has 0 saturated carbocycles. The maximum Gasteiger partial charge on any atom is 0.399 e. The predicted molar refractivity (Wildman–Crippen MR) is 95.7 cm³/mol. The Bertz CT molecular complexity index is 884. The molecule has 3 rings (SSSR count). The van der Waals surface area contributed by atoms with Crippen LogP contribution in [0.15, 0.2) is 61.2 Å². The Kier molecular flexibility index (Phi) is 5.34. The largest absolute Gasteiger partial charge is 0.399 e. The molecule has 0 aliphatic carbocycles. The van der Waals surface area contributed by atoms with Crippen molar-refractivity contribution in [3.8, 4) is 5.69 Å². The van der Waals surface area contributed by atoms with E-state index in [0.29, 0.717) is 5.56 Å². The van der Waals surface area contributed by atoms with Crippen molar-refractivity contribution in [2.75, 3.05) is 0 Å². The monoisotopic (exact) mass is 397 g/mol. The molecule has 1 heterocycles. The van der Waals surface area contributed by atoms with E-state index in [1.54, 1.807) is 28.9 Å². The van der Waals surface area contributed by atoms with Crippen LogP contribution in [0.25, 0.3) is 11.8 Å². The second-order valence-electron chi connectivity index (χ2n) is 5.51. The summed E-state index contributed by atoms with van der Waals surface area (Å²) in [7, 11) is 0. The van der Waals surface area contributed by atoms with Crippen LogP contribution in [0.5, 0.6) is 0 Å². The molecular formula is C18H12Cl2F3N3. The number of benzene rings is 2. The lowest BCUT2D eigenvalue weighted by molar-refractivity contribution is -0.139. The van der Waals surface area contributed by atoms with E-state index in [1.165, 1.54) is 36.9 Å². The summed E-state index contributed by atoms with van der Waals surface area (Å²) in [6.07, 6.45) is 0.973. The van der Waals surface area contributed by atoms with Crippen LogP contribution in [-0.2, 0) is 0 Å². The first-order chi connectivity index (χ1) is 12.3. The van der Waals surface area contributed by atoms with Gasteiger partial charge < -0.3 is 0 Å². The minimum atomic E-state index is -4.47. The van der Waals surface area contributed by atoms with E-state index in [1.807, 2.05) is 0 Å². The van der Waals surface area contributed by atoms with Crippen molar-refractivity contribution in [2.24, 2.45) is 0 Å². The highest BCUT2D eigenvalue weighted by atomic mass is 35.5. The maximum atomic E-state index is 13.5. The zero-order valence-electron chi connectivity index (χ0n) is 13.2. The fourth-order valence-electron chi connectivity index (χ4n) is 2.45. The summed E-state index contributed by atoms with van der Waals surface area (Å²) in [6, 6.07) is 10.8. The number of alkyl halides is 3. The Morgan fingerprint density at radius 3 is 2.19 bits per heavy atom. The van der Waals surface area contributed by atoms with E-state index in [9.17, 15) is 13.2 Å². The van der Waals surface area contributed by atoms with Gasteiger partial charge in [0.1, 0.15) is 12.7 Å². The molecular weight excluding hydrogens is 386 g/mol. The lowest BCUT2D eigenvalue weighted by Gasteiger charge is -2.18. The van der Waals surface area contributed by atoms with Crippen LogP contribution in [0.2, 0.25) is 10.0 Å². The fraction of sp³-hybridized carbons (Fsp3) is 0.111. The summed E-state index contributed by atoms with van der Waals surface area (Å²) in [5.74, 6) is -1.81. The molecule has 8 heteroatoms. The Labute approximate surface area is 157 Å². The minimum absolute atomic E-state index is 0.00881. The number of rotatable bonds is 4. The second kappa shape index (κ2) is 7.51. The Hall–Kier alpha value is -2.31. The third-order valence-corrected chi connectivity index (χ3v) is 4.09. The van der Waals surface area contributed by atoms with E-state index < -0.39 is 12.1 Å². The normalized spacial score (nSPS) is 13.3. The highest BCUT2D eigenvalue weighted by Crippen LogP contribution is 2.38. The van der Waals surface area contributed by atoms with E-state index in [-0.39, 0.29) is 15.6 Å². The van der Waals surface area contributed by atoms with E-state index in [0.717, 1.165) is 11.8 Å². The average molecular weight is 398 g/mol. The summed E-state index contributed by atoms with van der Waals surface area (Å²) in [5, 5.41) is 4.31. The summed E-state index contributed by atoms with van der Waals surface area (Å²) in [4.78, 5) is 3.85. The van der Waals surface area contributed by atoms with Crippen LogP contribution in [0.4, 0.5) is 13.2 Å². The van der Waals surface area contributed by atoms with Crippen LogP contribution < -0.4 is 0 Å². The first-order valence-corrected chi connectivity index (χ1v) is 8.24. The minimum Gasteiger partial charge on any atom is -0.223 e. The second-order valence-corrected chi connectivity index (χ2v) is 6.39. The topological polar surface area (TPSA) is 30.7 Å². The van der Waals surface area contributed by atoms with Crippen molar-refractivity contribution in [1.82, 2.24) is 14.8 Å². The molecule has 26 heavy (non-hydrogen) atoms. The van der Waals surface area contributed by atoms with Crippen LogP contribution >= 0.6 is 23.2 Å². The fourth-order valence-corrected chi connectivity index (χ4v) is 2.99. The molecule has 2 aromatic carbocycles. The van der Waals surface area contributed by atoms with Crippen LogP contribution in [0, 0.1) is 0 Å². The lowest BCUT2D eigenvalue weighted by atomic mass is 9.97. The van der Waals surface area contributed by atoms with Crippen molar-refractivity contribution in [3.63, 3.8) is 0 Å². The SMILES string of the molecule is FC(F)(F)C(C=Cc1ccc(-n2cncn2)cc1)c1cc(Cl)cc(Cl)c1. The molecule has 0 amide bonds. The number of halogens is 5. The van der Waals surface area contributed by atoms with Gasteiger partial charge in [0.15, 0.2) is 0 Å². The molecule has 0 saturated heterocycles. The summed E-state index contributed by atoms with van der Waals surface area (Å²) >= 11 is 11.7. The van der Waals surface area contributed by atoms with Crippen molar-refractivity contribution >= 4 is 29.3 Å². The highest BCUT2D eigenvalue weighted by Gasteiger charge is 2.39. The van der Waals surface area contributed by atoms with Crippen LogP contribution in [0.1, 0.15) is 17.0 Å². The first kappa shape index (κ1) is 18.5. The van der Waals surface area contributed by atoms with Gasteiger partial charge in [-0.15, -0.1) is 0 Å². The van der Waals surface area contributed by atoms with E-state index in [2.05, 4.69) is 10.1 Å². The maximum absolute atomic E-state index is 13.5. The van der Waals surface area contributed by atoms with Gasteiger partial charge in [0, 0.05) is 10.0 Å². The number of allylic oxidation sites excluding steroid dienone is 1. The molecule has 0 radical (unpaired) electrons. The molecule has 1 unspecified atom stereocenters. The third-order valence-electron chi connectivity index (χ3n) is 3.65. The van der Waals surface area contributed by atoms with Gasteiger partial charge in [0.25, 0.3) is 0 Å². The van der Waals surface area contributed by atoms with Gasteiger partial charge in [-0.3, -0.25) is 0 Å². The Morgan fingerprint density at radius 1 is 1.00 bits per heavy atom. The molecule has 134 valence electrons. The molecule has 0 bridgehead atoms. The summed E-state index contributed by atoms with van der Waals surface area (Å²) < 4.78 is 42.0. The van der Waals surface area contributed by atoms with Gasteiger partial charge in [-0.05, 0) is 41.5 Å². The van der Waals surface area contributed by atoms with Gasteiger partial charge in [-0.2, -0.15) is 18.3 Å². The van der Waals surface area contributed by atoms with Gasteiger partial charge >= 0.3 is 6.18 Å². The Morgan fingerprint density at radius 2 is 1.65 bits per heavy atom. The molecule has 3 nitrogen and oxygen atoms in total. The van der Waals surface area contributed by atoms with Gasteiger partial charge in [-0.25, -0.2) is 9.67 Å². The number of aromatic nitrogens is 3. The quantitative estimate of drug-likeness (QED) is 0.545. The number of hydrogen-bond donors (Lipinski definition) is 0. The molecule has 1 aromatic heterocycles. The lowest BCUT2D eigenvalue weighted by Crippen LogP contribution is -2.18. The summed E-state index contributed by atoms with van der Waals surface area (Å²) in [6.45, 7) is 0. The molecule has 0 fully saturated rings. The third kappa shape index (κ3) is 4.45. The van der Waals surface area contributed by atoms with Crippen molar-refractivity contribution < 1.29 is 13.2 Å². The summed E-state index contributed by atoms with van der Waals surface area (Å²) in [5.41, 5.74) is 1.37. The number of nitrogens with zero attached hydrogens (tertiary/aromatic N) is 3. The van der Waals surface area contributed by atoms with Crippen molar-refractivity contribution in [1.29, 1.82) is 0 Å². The molecule has 0 aliphatic heterocycles. The molecule has 1 atom stereocenters. The Balaban J connectivity index is 1.87. The standard InChI is InChI=1S/C18H12Cl2F3N3/c19-14-7-13(8-15(20)9-14)17(18(21,22)23)6-3-12-1-4-16(5-2-12)26-11-24-10-25-26/h1-11,17H. The van der Waals surface area contributed by atoms with E-state index in [4.69, 9.17) is 23.2 Å².